The van der Waals surface area contributed by atoms with Crippen LogP contribution in [0.3, 0.4) is 0 Å². The minimum absolute atomic E-state index is 0.492. The molecular formula is C14H24N4. The van der Waals surface area contributed by atoms with Crippen LogP contribution in [0.15, 0.2) is 6.20 Å². The second kappa shape index (κ2) is 6.14. The van der Waals surface area contributed by atoms with Crippen molar-refractivity contribution in [2.24, 2.45) is 0 Å². The molecule has 0 saturated carbocycles. The highest BCUT2D eigenvalue weighted by molar-refractivity contribution is 5.33. The largest absolute Gasteiger partial charge is 0.341 e. The minimum Gasteiger partial charge on any atom is -0.341 e. The van der Waals surface area contributed by atoms with Crippen molar-refractivity contribution in [3.63, 3.8) is 0 Å². The topological polar surface area (TPSA) is 41.1 Å². The SMILES string of the molecule is Cc1nc(N2CCCCC2)ncc1CNC(C)C. The van der Waals surface area contributed by atoms with E-state index in [9.17, 15) is 0 Å². The fourth-order valence-electron chi connectivity index (χ4n) is 2.21. The van der Waals surface area contributed by atoms with E-state index >= 15 is 0 Å². The van der Waals surface area contributed by atoms with Crippen molar-refractivity contribution in [3.05, 3.63) is 17.5 Å². The van der Waals surface area contributed by atoms with Gasteiger partial charge in [-0.15, -0.1) is 0 Å². The van der Waals surface area contributed by atoms with Gasteiger partial charge in [-0.05, 0) is 26.2 Å². The summed E-state index contributed by atoms with van der Waals surface area (Å²) in [5.41, 5.74) is 2.29. The Morgan fingerprint density at radius 1 is 1.28 bits per heavy atom. The predicted octanol–water partition coefficient (Wildman–Crippen LogP) is 2.27. The summed E-state index contributed by atoms with van der Waals surface area (Å²) >= 11 is 0. The molecule has 1 saturated heterocycles. The van der Waals surface area contributed by atoms with Crippen molar-refractivity contribution in [1.29, 1.82) is 0 Å². The second-order valence-electron chi connectivity index (χ2n) is 5.36. The molecule has 100 valence electrons. The van der Waals surface area contributed by atoms with Gasteiger partial charge in [-0.25, -0.2) is 9.97 Å². The number of nitrogens with zero attached hydrogens (tertiary/aromatic N) is 3. The molecule has 1 aliphatic rings. The summed E-state index contributed by atoms with van der Waals surface area (Å²) < 4.78 is 0. The molecule has 0 aromatic carbocycles. The summed E-state index contributed by atoms with van der Waals surface area (Å²) in [6.45, 7) is 9.43. The van der Waals surface area contributed by atoms with Crippen LogP contribution in [-0.2, 0) is 6.54 Å². The summed E-state index contributed by atoms with van der Waals surface area (Å²) in [7, 11) is 0. The van der Waals surface area contributed by atoms with Crippen LogP contribution < -0.4 is 10.2 Å². The van der Waals surface area contributed by atoms with Gasteiger partial charge < -0.3 is 10.2 Å². The van der Waals surface area contributed by atoms with E-state index in [4.69, 9.17) is 0 Å². The number of aromatic nitrogens is 2. The average molecular weight is 248 g/mol. The predicted molar refractivity (Wildman–Crippen MR) is 74.8 cm³/mol. The number of anilines is 1. The van der Waals surface area contributed by atoms with E-state index in [1.807, 2.05) is 6.20 Å². The van der Waals surface area contributed by atoms with Crippen molar-refractivity contribution in [2.75, 3.05) is 18.0 Å². The van der Waals surface area contributed by atoms with Crippen LogP contribution in [-0.4, -0.2) is 29.1 Å². The summed E-state index contributed by atoms with van der Waals surface area (Å²) in [6.07, 6.45) is 5.84. The lowest BCUT2D eigenvalue weighted by Crippen LogP contribution is -2.31. The molecule has 0 aliphatic carbocycles. The van der Waals surface area contributed by atoms with E-state index in [1.54, 1.807) is 0 Å². The Hall–Kier alpha value is -1.16. The molecule has 1 fully saturated rings. The molecule has 0 bridgehead atoms. The zero-order chi connectivity index (χ0) is 13.0. The lowest BCUT2D eigenvalue weighted by molar-refractivity contribution is 0.564. The van der Waals surface area contributed by atoms with Gasteiger partial charge in [0.25, 0.3) is 0 Å². The van der Waals surface area contributed by atoms with Crippen molar-refractivity contribution in [3.8, 4) is 0 Å². The van der Waals surface area contributed by atoms with Crippen molar-refractivity contribution in [1.82, 2.24) is 15.3 Å². The van der Waals surface area contributed by atoms with Crippen LogP contribution in [0.25, 0.3) is 0 Å². The van der Waals surface area contributed by atoms with Crippen LogP contribution in [0.2, 0.25) is 0 Å². The molecule has 2 rings (SSSR count). The monoisotopic (exact) mass is 248 g/mol. The van der Waals surface area contributed by atoms with Gasteiger partial charge in [-0.2, -0.15) is 0 Å². The van der Waals surface area contributed by atoms with Gasteiger partial charge in [-0.3, -0.25) is 0 Å². The summed E-state index contributed by atoms with van der Waals surface area (Å²) in [6, 6.07) is 0.492. The third-order valence-corrected chi connectivity index (χ3v) is 3.41. The molecule has 0 amide bonds. The first kappa shape index (κ1) is 13.3. The van der Waals surface area contributed by atoms with Gasteiger partial charge in [0.1, 0.15) is 0 Å². The van der Waals surface area contributed by atoms with Crippen LogP contribution in [0, 0.1) is 6.92 Å². The minimum atomic E-state index is 0.492. The fraction of sp³-hybridized carbons (Fsp3) is 0.714. The van der Waals surface area contributed by atoms with Crippen LogP contribution in [0.5, 0.6) is 0 Å². The molecule has 2 heterocycles. The van der Waals surface area contributed by atoms with Gasteiger partial charge in [0, 0.05) is 43.1 Å². The third kappa shape index (κ3) is 3.42. The molecular weight excluding hydrogens is 224 g/mol. The summed E-state index contributed by atoms with van der Waals surface area (Å²) in [5, 5.41) is 3.41. The molecule has 1 aliphatic heterocycles. The van der Waals surface area contributed by atoms with E-state index in [2.05, 4.69) is 41.0 Å². The first-order valence-electron chi connectivity index (χ1n) is 6.97. The number of nitrogens with one attached hydrogen (secondary N) is 1. The molecule has 4 nitrogen and oxygen atoms in total. The van der Waals surface area contributed by atoms with E-state index in [0.717, 1.165) is 31.3 Å². The smallest absolute Gasteiger partial charge is 0.225 e. The average Bonchev–Trinajstić information content (AvgIpc) is 2.38. The molecule has 1 aromatic heterocycles. The number of aryl methyl sites for hydroxylation is 1. The van der Waals surface area contributed by atoms with E-state index in [1.165, 1.54) is 24.8 Å². The van der Waals surface area contributed by atoms with Gasteiger partial charge in [-0.1, -0.05) is 13.8 Å². The molecule has 1 N–H and O–H groups in total. The Morgan fingerprint density at radius 3 is 2.61 bits per heavy atom. The molecule has 4 heteroatoms. The molecule has 18 heavy (non-hydrogen) atoms. The van der Waals surface area contributed by atoms with Crippen molar-refractivity contribution < 1.29 is 0 Å². The first-order valence-corrected chi connectivity index (χ1v) is 6.97. The van der Waals surface area contributed by atoms with Gasteiger partial charge >= 0.3 is 0 Å². The van der Waals surface area contributed by atoms with Crippen molar-refractivity contribution >= 4 is 5.95 Å². The maximum Gasteiger partial charge on any atom is 0.225 e. The number of rotatable bonds is 4. The standard InChI is InChI=1S/C14H24N4/c1-11(2)15-9-13-10-16-14(17-12(13)3)18-7-5-4-6-8-18/h10-11,15H,4-9H2,1-3H3. The molecule has 0 atom stereocenters. The quantitative estimate of drug-likeness (QED) is 0.887. The zero-order valence-corrected chi connectivity index (χ0v) is 11.7. The van der Waals surface area contributed by atoms with Crippen LogP contribution in [0.1, 0.15) is 44.4 Å². The Morgan fingerprint density at radius 2 is 2.00 bits per heavy atom. The highest BCUT2D eigenvalue weighted by Crippen LogP contribution is 2.16. The number of piperidine rings is 1. The van der Waals surface area contributed by atoms with Crippen LogP contribution in [0.4, 0.5) is 5.95 Å². The second-order valence-corrected chi connectivity index (χ2v) is 5.36. The van der Waals surface area contributed by atoms with Gasteiger partial charge in [0.2, 0.25) is 5.95 Å². The summed E-state index contributed by atoms with van der Waals surface area (Å²) in [4.78, 5) is 11.5. The Kier molecular flexibility index (Phi) is 4.53. The normalized spacial score (nSPS) is 16.3. The fourth-order valence-corrected chi connectivity index (χ4v) is 2.21. The summed E-state index contributed by atoms with van der Waals surface area (Å²) in [5.74, 6) is 0.903. The van der Waals surface area contributed by atoms with E-state index in [0.29, 0.717) is 6.04 Å². The number of hydrogen-bond acceptors (Lipinski definition) is 4. The number of hydrogen-bond donors (Lipinski definition) is 1. The highest BCUT2D eigenvalue weighted by atomic mass is 15.2. The molecule has 0 radical (unpaired) electrons. The van der Waals surface area contributed by atoms with E-state index in [-0.39, 0.29) is 0 Å². The third-order valence-electron chi connectivity index (χ3n) is 3.41. The van der Waals surface area contributed by atoms with Gasteiger partial charge in [0.05, 0.1) is 0 Å². The Labute approximate surface area is 110 Å². The molecule has 0 spiro atoms. The zero-order valence-electron chi connectivity index (χ0n) is 11.7. The Bertz CT molecular complexity index is 383. The lowest BCUT2D eigenvalue weighted by atomic mass is 10.1. The van der Waals surface area contributed by atoms with E-state index < -0.39 is 0 Å². The first-order chi connectivity index (χ1) is 8.66. The highest BCUT2D eigenvalue weighted by Gasteiger charge is 2.14. The maximum absolute atomic E-state index is 4.65. The molecule has 0 unspecified atom stereocenters. The maximum atomic E-state index is 4.65. The molecule has 1 aromatic rings. The van der Waals surface area contributed by atoms with Gasteiger partial charge in [0.15, 0.2) is 0 Å². The Balaban J connectivity index is 2.04. The van der Waals surface area contributed by atoms with Crippen molar-refractivity contribution in [2.45, 2.75) is 52.6 Å². The van der Waals surface area contributed by atoms with Crippen LogP contribution >= 0.6 is 0 Å². The lowest BCUT2D eigenvalue weighted by Gasteiger charge is -2.27.